The predicted molar refractivity (Wildman–Crippen MR) is 78.8 cm³/mol. The van der Waals surface area contributed by atoms with Gasteiger partial charge in [-0.25, -0.2) is 13.1 Å². The number of nitro benzene ring substituents is 1. The van der Waals surface area contributed by atoms with Crippen LogP contribution in [0.25, 0.3) is 0 Å². The highest BCUT2D eigenvalue weighted by Gasteiger charge is 2.24. The molecule has 0 amide bonds. The normalized spacial score (nSPS) is 11.0. The zero-order chi connectivity index (χ0) is 16.4. The maximum Gasteiger partial charge on any atom is 0.289 e. The second kappa shape index (κ2) is 9.11. The molecule has 22 heavy (non-hydrogen) atoms. The van der Waals surface area contributed by atoms with Gasteiger partial charge in [-0.1, -0.05) is 18.1 Å². The first-order valence-corrected chi connectivity index (χ1v) is 7.79. The quantitative estimate of drug-likeness (QED) is 0.291. The van der Waals surface area contributed by atoms with E-state index in [0.29, 0.717) is 6.61 Å². The first-order valence-electron chi connectivity index (χ1n) is 6.31. The summed E-state index contributed by atoms with van der Waals surface area (Å²) in [7, 11) is -3.97. The molecule has 0 heterocycles. The fraction of sp³-hybridized carbons (Fsp3) is 0.385. The predicted octanol–water partition coefficient (Wildman–Crippen LogP) is 0.540. The van der Waals surface area contributed by atoms with Gasteiger partial charge in [0.05, 0.1) is 24.7 Å². The van der Waals surface area contributed by atoms with Crippen molar-refractivity contribution in [2.24, 2.45) is 0 Å². The Kier molecular flexibility index (Phi) is 7.48. The van der Waals surface area contributed by atoms with E-state index in [1.165, 1.54) is 18.2 Å². The van der Waals surface area contributed by atoms with Crippen molar-refractivity contribution in [1.82, 2.24) is 4.72 Å². The van der Waals surface area contributed by atoms with Crippen LogP contribution < -0.4 is 4.72 Å². The van der Waals surface area contributed by atoms with Gasteiger partial charge in [0.1, 0.15) is 6.61 Å². The van der Waals surface area contributed by atoms with Crippen molar-refractivity contribution in [1.29, 1.82) is 0 Å². The van der Waals surface area contributed by atoms with Crippen molar-refractivity contribution < 1.29 is 22.8 Å². The lowest BCUT2D eigenvalue weighted by Gasteiger charge is -2.08. The highest BCUT2D eigenvalue weighted by molar-refractivity contribution is 7.89. The summed E-state index contributed by atoms with van der Waals surface area (Å²) >= 11 is 0. The summed E-state index contributed by atoms with van der Waals surface area (Å²) in [6, 6.07) is 5.13. The Morgan fingerprint density at radius 1 is 1.23 bits per heavy atom. The maximum atomic E-state index is 12.0. The number of hydrogen-bond donors (Lipinski definition) is 1. The third-order valence-corrected chi connectivity index (χ3v) is 3.96. The molecule has 1 rings (SSSR count). The summed E-state index contributed by atoms with van der Waals surface area (Å²) in [6.45, 7) is 0.868. The molecule has 0 fully saturated rings. The standard InChI is InChI=1S/C13H16N2O6S/c1-2-8-20-10-11-21-9-7-14-22(18,19)13-6-4-3-5-12(13)15(16)17/h1,3-6,14H,7-11H2. The van der Waals surface area contributed by atoms with Gasteiger partial charge in [0.15, 0.2) is 4.90 Å². The molecule has 0 radical (unpaired) electrons. The van der Waals surface area contributed by atoms with E-state index in [2.05, 4.69) is 10.6 Å². The Hall–Kier alpha value is -1.99. The van der Waals surface area contributed by atoms with E-state index in [9.17, 15) is 18.5 Å². The highest BCUT2D eigenvalue weighted by Crippen LogP contribution is 2.22. The summed E-state index contributed by atoms with van der Waals surface area (Å²) < 4.78 is 36.4. The van der Waals surface area contributed by atoms with Gasteiger partial charge in [0, 0.05) is 12.6 Å². The van der Waals surface area contributed by atoms with Crippen molar-refractivity contribution in [3.8, 4) is 12.3 Å². The van der Waals surface area contributed by atoms with Gasteiger partial charge in [-0.2, -0.15) is 0 Å². The third-order valence-electron chi connectivity index (χ3n) is 2.45. The Balaban J connectivity index is 2.46. The van der Waals surface area contributed by atoms with Gasteiger partial charge in [-0.3, -0.25) is 10.1 Å². The average molecular weight is 328 g/mol. The topological polar surface area (TPSA) is 108 Å². The molecule has 0 unspecified atom stereocenters. The van der Waals surface area contributed by atoms with Gasteiger partial charge in [0.25, 0.3) is 5.69 Å². The Morgan fingerprint density at radius 3 is 2.59 bits per heavy atom. The van der Waals surface area contributed by atoms with Crippen LogP contribution in [0.1, 0.15) is 0 Å². The number of rotatable bonds is 10. The largest absolute Gasteiger partial charge is 0.378 e. The number of ether oxygens (including phenoxy) is 2. The molecule has 0 saturated heterocycles. The molecule has 0 spiro atoms. The zero-order valence-corrected chi connectivity index (χ0v) is 12.5. The van der Waals surface area contributed by atoms with Crippen molar-refractivity contribution in [3.05, 3.63) is 34.4 Å². The van der Waals surface area contributed by atoms with Crippen LogP contribution in [0.5, 0.6) is 0 Å². The Morgan fingerprint density at radius 2 is 1.91 bits per heavy atom. The van der Waals surface area contributed by atoms with E-state index in [4.69, 9.17) is 15.9 Å². The molecule has 0 aliphatic heterocycles. The number of nitrogens with zero attached hydrogens (tertiary/aromatic N) is 1. The molecule has 120 valence electrons. The van der Waals surface area contributed by atoms with Gasteiger partial charge >= 0.3 is 0 Å². The van der Waals surface area contributed by atoms with E-state index in [0.717, 1.165) is 6.07 Å². The minimum absolute atomic E-state index is 0.0104. The number of terminal acetylenes is 1. The van der Waals surface area contributed by atoms with Crippen LogP contribution in [0.3, 0.4) is 0 Å². The zero-order valence-electron chi connectivity index (χ0n) is 11.7. The molecular formula is C13H16N2O6S. The average Bonchev–Trinajstić information content (AvgIpc) is 2.50. The summed E-state index contributed by atoms with van der Waals surface area (Å²) in [5.74, 6) is 2.30. The van der Waals surface area contributed by atoms with Crippen LogP contribution in [-0.4, -0.2) is 46.3 Å². The molecule has 0 aliphatic carbocycles. The lowest BCUT2D eigenvalue weighted by molar-refractivity contribution is -0.387. The van der Waals surface area contributed by atoms with E-state index in [1.807, 2.05) is 0 Å². The van der Waals surface area contributed by atoms with Crippen molar-refractivity contribution in [2.75, 3.05) is 33.0 Å². The van der Waals surface area contributed by atoms with Crippen molar-refractivity contribution in [3.63, 3.8) is 0 Å². The van der Waals surface area contributed by atoms with E-state index < -0.39 is 20.6 Å². The monoisotopic (exact) mass is 328 g/mol. The lowest BCUT2D eigenvalue weighted by Crippen LogP contribution is -2.28. The number of benzene rings is 1. The van der Waals surface area contributed by atoms with Crippen molar-refractivity contribution in [2.45, 2.75) is 4.90 Å². The minimum atomic E-state index is -3.97. The smallest absolute Gasteiger partial charge is 0.289 e. The van der Waals surface area contributed by atoms with Crippen LogP contribution in [0.2, 0.25) is 0 Å². The molecule has 1 aromatic rings. The fourth-order valence-electron chi connectivity index (χ4n) is 1.51. The lowest BCUT2D eigenvalue weighted by atomic mass is 10.3. The molecule has 0 saturated carbocycles. The summed E-state index contributed by atoms with van der Waals surface area (Å²) in [6.07, 6.45) is 4.99. The van der Waals surface area contributed by atoms with Crippen LogP contribution in [0.15, 0.2) is 29.2 Å². The minimum Gasteiger partial charge on any atom is -0.378 e. The molecule has 1 N–H and O–H groups in total. The number of sulfonamides is 1. The second-order valence-corrected chi connectivity index (χ2v) is 5.73. The molecule has 9 heteroatoms. The third kappa shape index (κ3) is 5.79. The van der Waals surface area contributed by atoms with Gasteiger partial charge in [0.2, 0.25) is 10.0 Å². The first kappa shape index (κ1) is 18.1. The highest BCUT2D eigenvalue weighted by atomic mass is 32.2. The van der Waals surface area contributed by atoms with E-state index in [-0.39, 0.29) is 31.3 Å². The number of nitrogens with one attached hydrogen (secondary N) is 1. The van der Waals surface area contributed by atoms with Crippen LogP contribution in [0.4, 0.5) is 5.69 Å². The second-order valence-electron chi connectivity index (χ2n) is 3.99. The molecular weight excluding hydrogens is 312 g/mol. The molecule has 0 aliphatic rings. The SMILES string of the molecule is C#CCOCCOCCNS(=O)(=O)c1ccccc1[N+](=O)[O-]. The van der Waals surface area contributed by atoms with Crippen LogP contribution in [0, 0.1) is 22.5 Å². The van der Waals surface area contributed by atoms with Gasteiger partial charge < -0.3 is 9.47 Å². The first-order chi connectivity index (χ1) is 10.5. The molecule has 0 aromatic heterocycles. The summed E-state index contributed by atoms with van der Waals surface area (Å²) in [5.41, 5.74) is -0.474. The number of para-hydroxylation sites is 1. The molecule has 1 aromatic carbocycles. The van der Waals surface area contributed by atoms with E-state index >= 15 is 0 Å². The van der Waals surface area contributed by atoms with Crippen LogP contribution in [-0.2, 0) is 19.5 Å². The van der Waals surface area contributed by atoms with Crippen LogP contribution >= 0.6 is 0 Å². The molecule has 0 bridgehead atoms. The maximum absolute atomic E-state index is 12.0. The van der Waals surface area contributed by atoms with E-state index in [1.54, 1.807) is 0 Å². The number of hydrogen-bond acceptors (Lipinski definition) is 6. The van der Waals surface area contributed by atoms with Gasteiger partial charge in [-0.05, 0) is 6.07 Å². The Bertz CT molecular complexity index is 638. The fourth-order valence-corrected chi connectivity index (χ4v) is 2.70. The van der Waals surface area contributed by atoms with Crippen molar-refractivity contribution >= 4 is 15.7 Å². The molecule has 8 nitrogen and oxygen atoms in total. The Labute approximate surface area is 128 Å². The number of nitro groups is 1. The summed E-state index contributed by atoms with van der Waals surface area (Å²) in [5, 5.41) is 10.8. The summed E-state index contributed by atoms with van der Waals surface area (Å²) in [4.78, 5) is 9.71. The van der Waals surface area contributed by atoms with Gasteiger partial charge in [-0.15, -0.1) is 6.42 Å². The molecule has 0 atom stereocenters.